The lowest BCUT2D eigenvalue weighted by Gasteiger charge is -2.14. The zero-order chi connectivity index (χ0) is 39.4. The van der Waals surface area contributed by atoms with E-state index in [1.165, 1.54) is 0 Å². The van der Waals surface area contributed by atoms with Crippen LogP contribution >= 0.6 is 0 Å². The molecule has 0 unspecified atom stereocenters. The molecule has 0 spiro atoms. The lowest BCUT2D eigenvalue weighted by Crippen LogP contribution is -1.97. The summed E-state index contributed by atoms with van der Waals surface area (Å²) in [6.07, 6.45) is 4.02. The van der Waals surface area contributed by atoms with Crippen molar-refractivity contribution in [2.45, 2.75) is 0 Å². The summed E-state index contributed by atoms with van der Waals surface area (Å²) in [6.45, 7) is 0. The topological polar surface area (TPSA) is 92.7 Å². The third-order valence-corrected chi connectivity index (χ3v) is 3.99. The van der Waals surface area contributed by atoms with Crippen LogP contribution in [0, 0.1) is 0 Å². The van der Waals surface area contributed by atoms with Crippen molar-refractivity contribution in [2.24, 2.45) is 0 Å². The van der Waals surface area contributed by atoms with Gasteiger partial charge in [-0.1, -0.05) is 0 Å². The Labute approximate surface area is 218 Å². The molecule has 8 nitrogen and oxygen atoms in total. The number of ketones is 1. The number of carbonyl (C=O) groups is 1. The van der Waals surface area contributed by atoms with E-state index in [2.05, 4.69) is 0 Å². The number of aliphatic hydroxyl groups is 1. The molecule has 0 heterocycles. The summed E-state index contributed by atoms with van der Waals surface area (Å²) < 4.78 is 162. The predicted octanol–water partition coefficient (Wildman–Crippen LogP) is 4.48. The van der Waals surface area contributed by atoms with E-state index in [1.54, 1.807) is 0 Å². The van der Waals surface area contributed by atoms with Crippen LogP contribution in [0.1, 0.15) is 35.8 Å². The second kappa shape index (κ2) is 12.1. The Morgan fingerprint density at radius 2 is 1.15 bits per heavy atom. The van der Waals surface area contributed by atoms with Crippen molar-refractivity contribution >= 4 is 17.9 Å². The number of benzene rings is 2. The number of carbonyl (C=O) groups excluding carboxylic acids is 1. The van der Waals surface area contributed by atoms with Crippen LogP contribution in [0.15, 0.2) is 48.3 Å². The van der Waals surface area contributed by atoms with E-state index in [9.17, 15) is 9.90 Å². The Bertz CT molecular complexity index is 1640. The Kier molecular flexibility index (Phi) is 3.60. The van der Waals surface area contributed by atoms with Crippen LogP contribution in [0.5, 0.6) is 34.5 Å². The quantitative estimate of drug-likeness (QED) is 0.290. The van der Waals surface area contributed by atoms with Crippen molar-refractivity contribution in [3.8, 4) is 34.5 Å². The Morgan fingerprint density at radius 3 is 1.64 bits per heavy atom. The first-order valence-electron chi connectivity index (χ1n) is 17.6. The van der Waals surface area contributed by atoms with Crippen molar-refractivity contribution in [2.75, 3.05) is 42.2 Å². The van der Waals surface area contributed by atoms with Gasteiger partial charge < -0.3 is 33.5 Å². The zero-order valence-electron chi connectivity index (χ0n) is 34.5. The van der Waals surface area contributed by atoms with E-state index in [4.69, 9.17) is 53.1 Å². The monoisotopic (exact) mass is 474 g/mol. The van der Waals surface area contributed by atoms with Crippen LogP contribution < -0.4 is 28.4 Å². The molecule has 1 N–H and O–H groups in total. The zero-order valence-corrected chi connectivity index (χ0v) is 16.5. The highest BCUT2D eigenvalue weighted by atomic mass is 16.5. The van der Waals surface area contributed by atoms with Crippen molar-refractivity contribution < 1.29 is 63.0 Å². The maximum atomic E-state index is 12.7. The molecule has 0 aliphatic carbocycles. The highest BCUT2D eigenvalue weighted by Gasteiger charge is 2.15. The van der Waals surface area contributed by atoms with Crippen LogP contribution in [0.2, 0.25) is 0 Å². The van der Waals surface area contributed by atoms with Gasteiger partial charge in [0.05, 0.1) is 66.9 Å². The summed E-state index contributed by atoms with van der Waals surface area (Å²) in [5.41, 5.74) is -0.605. The van der Waals surface area contributed by atoms with Crippen LogP contribution in [0.3, 0.4) is 0 Å². The molecule has 0 bridgehead atoms. The lowest BCUT2D eigenvalue weighted by molar-refractivity contribution is -0.110. The normalized spacial score (nSPS) is 21.9. The molecule has 0 fully saturated rings. The van der Waals surface area contributed by atoms with E-state index in [0.717, 1.165) is 48.6 Å². The number of aliphatic hydroxyl groups excluding tert-OH is 1. The van der Waals surface area contributed by atoms with E-state index in [-0.39, 0.29) is 11.1 Å². The fourth-order valence-electron chi connectivity index (χ4n) is 2.54. The lowest BCUT2D eigenvalue weighted by atomic mass is 10.1. The first-order chi connectivity index (χ1) is 22.8. The summed E-state index contributed by atoms with van der Waals surface area (Å²) in [6, 6.07) is 3.89. The van der Waals surface area contributed by atoms with Gasteiger partial charge in [0, 0.05) is 17.2 Å². The second-order valence-corrected chi connectivity index (χ2v) is 5.87. The second-order valence-electron chi connectivity index (χ2n) is 5.87. The maximum Gasteiger partial charge on any atom is 0.203 e. The first kappa shape index (κ1) is 9.82. The number of allylic oxidation sites excluding steroid dienone is 3. The molecule has 2 aromatic rings. The minimum Gasteiger partial charge on any atom is -0.508 e. The van der Waals surface area contributed by atoms with Gasteiger partial charge in [0.15, 0.2) is 28.8 Å². The van der Waals surface area contributed by atoms with E-state index in [0.29, 0.717) is 6.08 Å². The Balaban J connectivity index is 2.58. The fourth-order valence-corrected chi connectivity index (χ4v) is 2.54. The minimum absolute atomic E-state index is 0.293. The van der Waals surface area contributed by atoms with Gasteiger partial charge >= 0.3 is 0 Å². The minimum atomic E-state index is -3.25. The Morgan fingerprint density at radius 1 is 0.697 bits per heavy atom. The average molecular weight is 475 g/mol. The van der Waals surface area contributed by atoms with Crippen molar-refractivity contribution in [1.82, 2.24) is 0 Å². The van der Waals surface area contributed by atoms with Gasteiger partial charge in [-0.25, -0.2) is 0 Å². The molecule has 0 saturated carbocycles. The summed E-state index contributed by atoms with van der Waals surface area (Å²) in [4.78, 5) is 12.7. The van der Waals surface area contributed by atoms with Gasteiger partial charge in [-0.2, -0.15) is 0 Å². The molecule has 0 saturated heterocycles. The van der Waals surface area contributed by atoms with Crippen molar-refractivity contribution in [3.05, 3.63) is 59.4 Å². The molecule has 0 amide bonds. The summed E-state index contributed by atoms with van der Waals surface area (Å²) in [5.74, 6) is -6.80. The van der Waals surface area contributed by atoms with E-state index < -0.39 is 88.3 Å². The number of methoxy groups -OCH3 is 6. The van der Waals surface area contributed by atoms with Crippen molar-refractivity contribution in [1.29, 1.82) is 0 Å². The molecule has 0 atom stereocenters. The van der Waals surface area contributed by atoms with Gasteiger partial charge in [-0.05, 0) is 48.6 Å². The number of rotatable bonds is 11. The molecule has 0 radical (unpaired) electrons. The molecule has 2 aromatic carbocycles. The molecule has 2 rings (SSSR count). The third-order valence-electron chi connectivity index (χ3n) is 3.99. The highest BCUT2D eigenvalue weighted by Crippen LogP contribution is 2.41. The third kappa shape index (κ3) is 6.00. The number of hydrogen-bond acceptors (Lipinski definition) is 8. The summed E-state index contributed by atoms with van der Waals surface area (Å²) in [5, 5.41) is 10.4. The Hall–Kier alpha value is -4.07. The SMILES string of the molecule is [2H]C([2H])([2H])Oc1ccc(/C=C/C(=O)/C=C(O)/C=C/c2ccc(OC([2H])([2H])[2H])c(OC([2H])([2H])[2H])c2OC([2H])([2H])[2H])c(OC([2H])([2H])[2H])c1OC([2H])([2H])[2H]. The smallest absolute Gasteiger partial charge is 0.203 e. The molecular formula is C25H28O8. The van der Waals surface area contributed by atoms with Crippen molar-refractivity contribution in [3.63, 3.8) is 0 Å². The molecule has 0 aromatic heterocycles. The molecule has 33 heavy (non-hydrogen) atoms. The standard InChI is InChI=1S/C25H28O8/c1-28-20-13-9-16(22(30-3)24(20)32-5)7-11-18(26)15-19(27)12-8-17-10-14-21(29-2)25(33-6)23(17)31-4/h7-15,26H,1-6H3/b11-7+,12-8+,18-15-/i1D3,2D3,3D3,4D3,5D3,6D3. The fraction of sp³-hybridized carbons (Fsp3) is 0.240. The van der Waals surface area contributed by atoms with Gasteiger partial charge in [-0.3, -0.25) is 4.79 Å². The van der Waals surface area contributed by atoms with Gasteiger partial charge in [0.1, 0.15) is 5.76 Å². The van der Waals surface area contributed by atoms with Crippen LogP contribution in [-0.4, -0.2) is 53.1 Å². The molecule has 8 heteroatoms. The first-order valence-corrected chi connectivity index (χ1v) is 8.60. The van der Waals surface area contributed by atoms with Crippen LogP contribution in [0.25, 0.3) is 12.2 Å². The van der Waals surface area contributed by atoms with Gasteiger partial charge in [0.2, 0.25) is 11.5 Å². The van der Waals surface area contributed by atoms with Gasteiger partial charge in [-0.15, -0.1) is 0 Å². The molecule has 0 aliphatic heterocycles. The largest absolute Gasteiger partial charge is 0.508 e. The average Bonchev–Trinajstić information content (AvgIpc) is 2.87. The van der Waals surface area contributed by atoms with Crippen LogP contribution in [-0.2, 0) is 4.79 Å². The summed E-state index contributed by atoms with van der Waals surface area (Å²) >= 11 is 0. The van der Waals surface area contributed by atoms with Gasteiger partial charge in [0.25, 0.3) is 0 Å². The predicted molar refractivity (Wildman–Crippen MR) is 126 cm³/mol. The van der Waals surface area contributed by atoms with E-state index >= 15 is 0 Å². The molecule has 0 aliphatic rings. The maximum absolute atomic E-state index is 12.7. The van der Waals surface area contributed by atoms with E-state index in [1.807, 2.05) is 0 Å². The number of hydrogen-bond donors (Lipinski definition) is 1. The molecule has 176 valence electrons. The molecular weight excluding hydrogens is 428 g/mol. The number of ether oxygens (including phenoxy) is 6. The summed E-state index contributed by atoms with van der Waals surface area (Å²) in [7, 11) is -19.2. The highest BCUT2D eigenvalue weighted by molar-refractivity contribution is 6.02. The van der Waals surface area contributed by atoms with Crippen LogP contribution in [0.4, 0.5) is 0 Å².